The summed E-state index contributed by atoms with van der Waals surface area (Å²) in [5.41, 5.74) is 8.42. The van der Waals surface area contributed by atoms with Crippen LogP contribution in [0.5, 0.6) is 0 Å². The molecule has 0 saturated carbocycles. The van der Waals surface area contributed by atoms with E-state index in [1.165, 1.54) is 7.11 Å². The number of nitrogen functional groups attached to an aromatic ring is 1. The van der Waals surface area contributed by atoms with Gasteiger partial charge in [0.15, 0.2) is 0 Å². The molecule has 3 aliphatic heterocycles. The molecule has 158 valence electrons. The minimum absolute atomic E-state index is 0.216. The lowest BCUT2D eigenvalue weighted by atomic mass is 10.1. The number of rotatable bonds is 3. The molecule has 2 N–H and O–H groups in total. The lowest BCUT2D eigenvalue weighted by Gasteiger charge is -2.43. The van der Waals surface area contributed by atoms with Crippen molar-refractivity contribution in [1.82, 2.24) is 24.8 Å². The molecule has 2 fully saturated rings. The van der Waals surface area contributed by atoms with Crippen molar-refractivity contribution in [2.24, 2.45) is 0 Å². The first-order valence-electron chi connectivity index (χ1n) is 10.0. The summed E-state index contributed by atoms with van der Waals surface area (Å²) in [6, 6.07) is 0.216. The van der Waals surface area contributed by atoms with Gasteiger partial charge in [0.1, 0.15) is 5.82 Å². The number of methoxy groups -OCH3 is 1. The highest BCUT2D eigenvalue weighted by Crippen LogP contribution is 2.37. The maximum absolute atomic E-state index is 11.7. The van der Waals surface area contributed by atoms with Gasteiger partial charge in [0.25, 0.3) is 0 Å². The maximum atomic E-state index is 11.7. The number of hydrogen-bond donors (Lipinski definition) is 1. The summed E-state index contributed by atoms with van der Waals surface area (Å²) in [5.74, 6) is 1.84. The fourth-order valence-corrected chi connectivity index (χ4v) is 4.16. The summed E-state index contributed by atoms with van der Waals surface area (Å²) >= 11 is 0. The first-order valence-corrected chi connectivity index (χ1v) is 10.0. The smallest absolute Gasteiger partial charge is 0.409 e. The van der Waals surface area contributed by atoms with Crippen molar-refractivity contribution in [3.63, 3.8) is 0 Å². The number of nitrogens with zero attached hydrogens (tertiary/aromatic N) is 7. The molecule has 0 unspecified atom stereocenters. The number of carbonyl (C=O) groups excluding carboxylic acids is 1. The molecule has 0 aliphatic carbocycles. The lowest BCUT2D eigenvalue weighted by molar-refractivity contribution is 0.0874. The van der Waals surface area contributed by atoms with E-state index in [-0.39, 0.29) is 18.1 Å². The molecule has 5 heterocycles. The van der Waals surface area contributed by atoms with Crippen LogP contribution in [0.3, 0.4) is 0 Å². The molecule has 3 aliphatic rings. The van der Waals surface area contributed by atoms with Crippen LogP contribution in [-0.4, -0.2) is 90.0 Å². The Labute approximate surface area is 173 Å². The number of nitrogens with two attached hydrogens (primary N) is 1. The number of amides is 1. The average molecular weight is 412 g/mol. The number of hydrogen-bond acceptors (Lipinski definition) is 10. The molecule has 30 heavy (non-hydrogen) atoms. The van der Waals surface area contributed by atoms with Gasteiger partial charge in [0.2, 0.25) is 11.9 Å². The fraction of sp³-hybridized carbons (Fsp3) is 0.526. The highest BCUT2D eigenvalue weighted by Gasteiger charge is 2.40. The summed E-state index contributed by atoms with van der Waals surface area (Å²) in [6.07, 6.45) is 3.95. The van der Waals surface area contributed by atoms with Gasteiger partial charge in [-0.2, -0.15) is 4.98 Å². The van der Waals surface area contributed by atoms with E-state index in [4.69, 9.17) is 25.2 Å². The number of aromatic nitrogens is 4. The van der Waals surface area contributed by atoms with E-state index in [0.717, 1.165) is 48.7 Å². The van der Waals surface area contributed by atoms with Crippen LogP contribution in [0, 0.1) is 0 Å². The summed E-state index contributed by atoms with van der Waals surface area (Å²) in [4.78, 5) is 36.0. The van der Waals surface area contributed by atoms with E-state index in [2.05, 4.69) is 19.8 Å². The summed E-state index contributed by atoms with van der Waals surface area (Å²) in [7, 11) is 1.41. The molecule has 2 aromatic heterocycles. The Kier molecular flexibility index (Phi) is 4.74. The van der Waals surface area contributed by atoms with Crippen LogP contribution < -0.4 is 15.5 Å². The second kappa shape index (κ2) is 7.56. The van der Waals surface area contributed by atoms with Crippen molar-refractivity contribution in [2.75, 3.05) is 68.6 Å². The molecule has 0 atom stereocenters. The van der Waals surface area contributed by atoms with Crippen LogP contribution in [0.1, 0.15) is 5.56 Å². The zero-order valence-electron chi connectivity index (χ0n) is 16.8. The first-order chi connectivity index (χ1) is 14.6. The van der Waals surface area contributed by atoms with Crippen LogP contribution in [0.25, 0.3) is 11.3 Å². The van der Waals surface area contributed by atoms with Gasteiger partial charge in [-0.1, -0.05) is 0 Å². The molecule has 2 aromatic rings. The molecule has 1 amide bonds. The predicted molar refractivity (Wildman–Crippen MR) is 109 cm³/mol. The first kappa shape index (κ1) is 18.8. The van der Waals surface area contributed by atoms with Crippen molar-refractivity contribution >= 4 is 23.8 Å². The van der Waals surface area contributed by atoms with Crippen molar-refractivity contribution in [1.29, 1.82) is 0 Å². The molecular weight excluding hydrogens is 388 g/mol. The highest BCUT2D eigenvalue weighted by molar-refractivity contribution is 5.74. The summed E-state index contributed by atoms with van der Waals surface area (Å²) < 4.78 is 10.3. The molecule has 0 aromatic carbocycles. The van der Waals surface area contributed by atoms with Crippen molar-refractivity contribution < 1.29 is 14.3 Å². The number of fused-ring (bicyclic) bond motifs is 1. The van der Waals surface area contributed by atoms with Gasteiger partial charge in [-0.25, -0.2) is 19.7 Å². The standard InChI is InChI=1S/C19H24N8O3/c1-29-19(28)26-10-13(11-26)27-3-2-14-15(12-8-21-17(20)22-9-12)23-18(24-16(14)27)25-4-6-30-7-5-25/h8-9,13H,2-7,10-11H2,1H3,(H2,20,21,22). The largest absolute Gasteiger partial charge is 0.453 e. The Morgan fingerprint density at radius 2 is 1.90 bits per heavy atom. The Morgan fingerprint density at radius 1 is 1.17 bits per heavy atom. The van der Waals surface area contributed by atoms with Crippen LogP contribution in [0.15, 0.2) is 12.4 Å². The number of morpholine rings is 1. The normalized spacial score (nSPS) is 18.9. The van der Waals surface area contributed by atoms with Gasteiger partial charge in [0, 0.05) is 56.2 Å². The zero-order chi connectivity index (χ0) is 20.7. The third kappa shape index (κ3) is 3.24. The molecule has 2 saturated heterocycles. The van der Waals surface area contributed by atoms with Crippen molar-refractivity contribution in [2.45, 2.75) is 12.5 Å². The highest BCUT2D eigenvalue weighted by atomic mass is 16.5. The van der Waals surface area contributed by atoms with E-state index in [1.54, 1.807) is 17.3 Å². The Morgan fingerprint density at radius 3 is 2.60 bits per heavy atom. The van der Waals surface area contributed by atoms with E-state index in [9.17, 15) is 4.79 Å². The maximum Gasteiger partial charge on any atom is 0.409 e. The Bertz CT molecular complexity index is 942. The molecule has 0 spiro atoms. The van der Waals surface area contributed by atoms with E-state index in [1.807, 2.05) is 0 Å². The van der Waals surface area contributed by atoms with Gasteiger partial charge < -0.3 is 29.9 Å². The molecule has 11 heteroatoms. The van der Waals surface area contributed by atoms with Gasteiger partial charge in [-0.05, 0) is 6.42 Å². The van der Waals surface area contributed by atoms with E-state index >= 15 is 0 Å². The fourth-order valence-electron chi connectivity index (χ4n) is 4.16. The number of ether oxygens (including phenoxy) is 2. The Hall–Kier alpha value is -3.21. The second-order valence-corrected chi connectivity index (χ2v) is 7.58. The topological polar surface area (TPSA) is 123 Å². The third-order valence-electron chi connectivity index (χ3n) is 5.82. The number of likely N-dealkylation sites (tertiary alicyclic amines) is 1. The molecule has 0 bridgehead atoms. The number of carbonyl (C=O) groups is 1. The van der Waals surface area contributed by atoms with Crippen LogP contribution in [-0.2, 0) is 15.9 Å². The SMILES string of the molecule is COC(=O)N1CC(N2CCc3c(-c4cnc(N)nc4)nc(N4CCOCC4)nc32)C1. The summed E-state index contributed by atoms with van der Waals surface area (Å²) in [5, 5.41) is 0. The monoisotopic (exact) mass is 412 g/mol. The van der Waals surface area contributed by atoms with Gasteiger partial charge in [0.05, 0.1) is 32.1 Å². The predicted octanol–water partition coefficient (Wildman–Crippen LogP) is 0.166. The zero-order valence-corrected chi connectivity index (χ0v) is 16.8. The van der Waals surface area contributed by atoms with Gasteiger partial charge in [-0.15, -0.1) is 0 Å². The van der Waals surface area contributed by atoms with E-state index in [0.29, 0.717) is 32.3 Å². The lowest BCUT2D eigenvalue weighted by Crippen LogP contribution is -2.61. The average Bonchev–Trinajstić information content (AvgIpc) is 3.17. The molecular formula is C19H24N8O3. The van der Waals surface area contributed by atoms with Crippen molar-refractivity contribution in [3.8, 4) is 11.3 Å². The third-order valence-corrected chi connectivity index (χ3v) is 5.82. The quantitative estimate of drug-likeness (QED) is 0.746. The molecule has 5 rings (SSSR count). The summed E-state index contributed by atoms with van der Waals surface area (Å²) in [6.45, 7) is 4.89. The minimum Gasteiger partial charge on any atom is -0.453 e. The van der Waals surface area contributed by atoms with Gasteiger partial charge in [-0.3, -0.25) is 0 Å². The second-order valence-electron chi connectivity index (χ2n) is 7.58. The van der Waals surface area contributed by atoms with Crippen LogP contribution in [0.4, 0.5) is 22.5 Å². The van der Waals surface area contributed by atoms with E-state index < -0.39 is 0 Å². The van der Waals surface area contributed by atoms with Crippen molar-refractivity contribution in [3.05, 3.63) is 18.0 Å². The van der Waals surface area contributed by atoms with Crippen LogP contribution >= 0.6 is 0 Å². The minimum atomic E-state index is -0.290. The van der Waals surface area contributed by atoms with Crippen LogP contribution in [0.2, 0.25) is 0 Å². The molecule has 11 nitrogen and oxygen atoms in total. The Balaban J connectivity index is 1.50. The molecule has 0 radical (unpaired) electrons. The van der Waals surface area contributed by atoms with Gasteiger partial charge >= 0.3 is 6.09 Å². The number of anilines is 3.